The molecule has 2 N–H and O–H groups in total. The second-order valence-electron chi connectivity index (χ2n) is 5.96. The Morgan fingerprint density at radius 1 is 1.24 bits per heavy atom. The largest absolute Gasteiger partial charge is 0.352 e. The summed E-state index contributed by atoms with van der Waals surface area (Å²) in [5.74, 6) is 0.506. The highest BCUT2D eigenvalue weighted by atomic mass is 35.5. The van der Waals surface area contributed by atoms with E-state index in [9.17, 15) is 9.59 Å². The van der Waals surface area contributed by atoms with Crippen molar-refractivity contribution in [2.24, 2.45) is 5.92 Å². The average molecular weight is 318 g/mol. The Bertz CT molecular complexity index is 338. The van der Waals surface area contributed by atoms with Crippen molar-refractivity contribution in [2.75, 3.05) is 26.2 Å². The number of piperidine rings is 2. The Hall–Kier alpha value is -0.810. The van der Waals surface area contributed by atoms with Crippen molar-refractivity contribution in [1.82, 2.24) is 15.5 Å². The maximum atomic E-state index is 12.2. The molecular weight excluding hydrogens is 290 g/mol. The Kier molecular flexibility index (Phi) is 8.04. The molecule has 2 heterocycles. The van der Waals surface area contributed by atoms with Gasteiger partial charge in [-0.25, -0.2) is 0 Å². The molecule has 122 valence electrons. The van der Waals surface area contributed by atoms with Crippen LogP contribution in [-0.2, 0) is 9.59 Å². The number of nitrogens with one attached hydrogen (secondary N) is 2. The van der Waals surface area contributed by atoms with Gasteiger partial charge in [-0.3, -0.25) is 9.59 Å². The summed E-state index contributed by atoms with van der Waals surface area (Å²) in [6.45, 7) is 5.44. The second-order valence-corrected chi connectivity index (χ2v) is 5.96. The van der Waals surface area contributed by atoms with Crippen LogP contribution in [0.4, 0.5) is 0 Å². The van der Waals surface area contributed by atoms with Crippen molar-refractivity contribution in [2.45, 2.75) is 51.5 Å². The Morgan fingerprint density at radius 3 is 2.52 bits per heavy atom. The van der Waals surface area contributed by atoms with Gasteiger partial charge in [-0.2, -0.15) is 0 Å². The smallest absolute Gasteiger partial charge is 0.223 e. The van der Waals surface area contributed by atoms with Gasteiger partial charge < -0.3 is 15.5 Å². The number of rotatable bonds is 4. The molecule has 2 aliphatic rings. The Morgan fingerprint density at radius 2 is 1.95 bits per heavy atom. The Balaban J connectivity index is 0.00000220. The van der Waals surface area contributed by atoms with E-state index in [1.54, 1.807) is 0 Å². The van der Waals surface area contributed by atoms with E-state index in [4.69, 9.17) is 0 Å². The minimum absolute atomic E-state index is 0. The van der Waals surface area contributed by atoms with Gasteiger partial charge in [0.2, 0.25) is 11.8 Å². The van der Waals surface area contributed by atoms with E-state index in [1.807, 2.05) is 11.8 Å². The molecule has 0 aliphatic carbocycles. The van der Waals surface area contributed by atoms with Gasteiger partial charge in [0.05, 0.1) is 0 Å². The van der Waals surface area contributed by atoms with Crippen LogP contribution >= 0.6 is 12.4 Å². The molecule has 0 bridgehead atoms. The van der Waals surface area contributed by atoms with E-state index >= 15 is 0 Å². The van der Waals surface area contributed by atoms with Crippen molar-refractivity contribution in [3.63, 3.8) is 0 Å². The van der Waals surface area contributed by atoms with Crippen LogP contribution in [0, 0.1) is 5.92 Å². The van der Waals surface area contributed by atoms with E-state index in [2.05, 4.69) is 10.6 Å². The number of hydrogen-bond donors (Lipinski definition) is 2. The van der Waals surface area contributed by atoms with E-state index in [1.165, 1.54) is 0 Å². The molecule has 0 saturated carbocycles. The van der Waals surface area contributed by atoms with Crippen LogP contribution in [-0.4, -0.2) is 48.9 Å². The van der Waals surface area contributed by atoms with E-state index in [-0.39, 0.29) is 36.2 Å². The maximum Gasteiger partial charge on any atom is 0.223 e. The molecule has 0 aromatic rings. The minimum Gasteiger partial charge on any atom is -0.352 e. The summed E-state index contributed by atoms with van der Waals surface area (Å²) in [6.07, 6.45) is 5.35. The van der Waals surface area contributed by atoms with E-state index in [0.29, 0.717) is 6.42 Å². The molecule has 5 nitrogen and oxygen atoms in total. The molecule has 21 heavy (non-hydrogen) atoms. The van der Waals surface area contributed by atoms with Crippen molar-refractivity contribution in [1.29, 1.82) is 0 Å². The molecule has 0 aromatic heterocycles. The molecule has 2 rings (SSSR count). The molecule has 0 unspecified atom stereocenters. The maximum absolute atomic E-state index is 12.2. The lowest BCUT2D eigenvalue weighted by Crippen LogP contribution is -2.49. The third-order valence-electron chi connectivity index (χ3n) is 4.33. The van der Waals surface area contributed by atoms with Crippen molar-refractivity contribution in [3.8, 4) is 0 Å². The normalized spacial score (nSPS) is 23.3. The highest BCUT2D eigenvalue weighted by Gasteiger charge is 2.28. The molecule has 1 atom stereocenters. The summed E-state index contributed by atoms with van der Waals surface area (Å²) in [6, 6.07) is 0.288. The summed E-state index contributed by atoms with van der Waals surface area (Å²) in [5, 5.41) is 6.46. The van der Waals surface area contributed by atoms with Crippen LogP contribution in [0.5, 0.6) is 0 Å². The van der Waals surface area contributed by atoms with Crippen LogP contribution in [0.3, 0.4) is 0 Å². The first-order valence-electron chi connectivity index (χ1n) is 7.99. The minimum atomic E-state index is 0. The Labute approximate surface area is 133 Å². The predicted molar refractivity (Wildman–Crippen MR) is 85.5 cm³/mol. The first kappa shape index (κ1) is 18.2. The summed E-state index contributed by atoms with van der Waals surface area (Å²) in [7, 11) is 0. The lowest BCUT2D eigenvalue weighted by molar-refractivity contribution is -0.135. The zero-order chi connectivity index (χ0) is 14.4. The van der Waals surface area contributed by atoms with Crippen molar-refractivity contribution < 1.29 is 9.59 Å². The number of amides is 2. The van der Waals surface area contributed by atoms with Crippen molar-refractivity contribution in [3.05, 3.63) is 0 Å². The molecule has 0 aromatic carbocycles. The van der Waals surface area contributed by atoms with Gasteiger partial charge >= 0.3 is 0 Å². The van der Waals surface area contributed by atoms with Crippen molar-refractivity contribution >= 4 is 24.2 Å². The predicted octanol–water partition coefficient (Wildman–Crippen LogP) is 1.32. The molecule has 6 heteroatoms. The number of carbonyl (C=O) groups is 2. The van der Waals surface area contributed by atoms with Gasteiger partial charge in [-0.05, 0) is 38.6 Å². The number of likely N-dealkylation sites (tertiary alicyclic amines) is 1. The van der Waals surface area contributed by atoms with E-state index in [0.717, 1.165) is 58.3 Å². The molecule has 0 spiro atoms. The summed E-state index contributed by atoms with van der Waals surface area (Å²) < 4.78 is 0. The van der Waals surface area contributed by atoms with Gasteiger partial charge in [0, 0.05) is 38.0 Å². The standard InChI is InChI=1S/C15H27N3O2.ClH/c1-2-4-14(19)18-9-6-12(7-10-18)15(20)17-13-5-3-8-16-11-13;/h12-13,16H,2-11H2,1H3,(H,17,20);1H/t13-;/m0./s1. The highest BCUT2D eigenvalue weighted by molar-refractivity contribution is 5.85. The molecule has 2 fully saturated rings. The average Bonchev–Trinajstić information content (AvgIpc) is 2.48. The third-order valence-corrected chi connectivity index (χ3v) is 4.33. The summed E-state index contributed by atoms with van der Waals surface area (Å²) in [5.41, 5.74) is 0. The SMILES string of the molecule is CCCC(=O)N1CCC(C(=O)N[C@H]2CCCNC2)CC1.Cl. The lowest BCUT2D eigenvalue weighted by atomic mass is 9.94. The number of hydrogen-bond acceptors (Lipinski definition) is 3. The fraction of sp³-hybridized carbons (Fsp3) is 0.867. The van der Waals surface area contributed by atoms with Gasteiger partial charge in [0.15, 0.2) is 0 Å². The quantitative estimate of drug-likeness (QED) is 0.822. The van der Waals surface area contributed by atoms with Gasteiger partial charge in [-0.1, -0.05) is 6.92 Å². The zero-order valence-corrected chi connectivity index (χ0v) is 13.7. The van der Waals surface area contributed by atoms with Gasteiger partial charge in [0.1, 0.15) is 0 Å². The van der Waals surface area contributed by atoms with Crippen LogP contribution in [0.25, 0.3) is 0 Å². The number of carbonyl (C=O) groups excluding carboxylic acids is 2. The van der Waals surface area contributed by atoms with Gasteiger partial charge in [-0.15, -0.1) is 12.4 Å². The first-order chi connectivity index (χ1) is 9.70. The molecule has 2 aliphatic heterocycles. The fourth-order valence-corrected chi connectivity index (χ4v) is 3.06. The molecule has 0 radical (unpaired) electrons. The first-order valence-corrected chi connectivity index (χ1v) is 7.99. The topological polar surface area (TPSA) is 61.4 Å². The van der Waals surface area contributed by atoms with Crippen LogP contribution in [0.1, 0.15) is 45.4 Å². The molecule has 2 saturated heterocycles. The van der Waals surface area contributed by atoms with E-state index < -0.39 is 0 Å². The van der Waals surface area contributed by atoms with Crippen LogP contribution < -0.4 is 10.6 Å². The number of nitrogens with zero attached hydrogens (tertiary/aromatic N) is 1. The summed E-state index contributed by atoms with van der Waals surface area (Å²) in [4.78, 5) is 25.9. The van der Waals surface area contributed by atoms with Crippen LogP contribution in [0.15, 0.2) is 0 Å². The molecule has 2 amide bonds. The van der Waals surface area contributed by atoms with Gasteiger partial charge in [0.25, 0.3) is 0 Å². The fourth-order valence-electron chi connectivity index (χ4n) is 3.06. The zero-order valence-electron chi connectivity index (χ0n) is 12.9. The monoisotopic (exact) mass is 317 g/mol. The molecular formula is C15H28ClN3O2. The number of halogens is 1. The second kappa shape index (κ2) is 9.26. The third kappa shape index (κ3) is 5.47. The lowest BCUT2D eigenvalue weighted by Gasteiger charge is -2.33. The van der Waals surface area contributed by atoms with Crippen LogP contribution in [0.2, 0.25) is 0 Å². The highest BCUT2D eigenvalue weighted by Crippen LogP contribution is 2.19. The summed E-state index contributed by atoms with van der Waals surface area (Å²) >= 11 is 0.